The Labute approximate surface area is 121 Å². The predicted octanol–water partition coefficient (Wildman–Crippen LogP) is 3.47. The van der Waals surface area contributed by atoms with E-state index in [-0.39, 0.29) is 5.41 Å². The van der Waals surface area contributed by atoms with Gasteiger partial charge in [-0.15, -0.1) is 0 Å². The van der Waals surface area contributed by atoms with E-state index in [2.05, 4.69) is 36.0 Å². The minimum absolute atomic E-state index is 0.228. The van der Waals surface area contributed by atoms with Gasteiger partial charge in [-0.2, -0.15) is 0 Å². The number of rotatable bonds is 5. The molecule has 0 spiro atoms. The molecule has 4 heteroatoms. The van der Waals surface area contributed by atoms with Crippen LogP contribution in [0.25, 0.3) is 0 Å². The average Bonchev–Trinajstić information content (AvgIpc) is 3.07. The molecule has 2 rings (SSSR count). The molecule has 1 aromatic rings. The third-order valence-corrected chi connectivity index (χ3v) is 3.40. The first-order valence-corrected chi connectivity index (χ1v) is 7.32. The van der Waals surface area contributed by atoms with Crippen molar-refractivity contribution in [1.29, 1.82) is 0 Å². The van der Waals surface area contributed by atoms with E-state index in [0.29, 0.717) is 6.04 Å². The predicted molar refractivity (Wildman–Crippen MR) is 81.8 cm³/mol. The Morgan fingerprint density at radius 2 is 2.11 bits per heavy atom. The summed E-state index contributed by atoms with van der Waals surface area (Å²) in [6, 6.07) is 2.74. The van der Waals surface area contributed by atoms with Crippen molar-refractivity contribution >= 4 is 17.4 Å². The lowest BCUT2D eigenvalue weighted by Crippen LogP contribution is -2.30. The van der Waals surface area contributed by atoms with Gasteiger partial charge < -0.3 is 10.2 Å². The lowest BCUT2D eigenvalue weighted by molar-refractivity contribution is 0.418. The molecule has 0 bridgehead atoms. The van der Waals surface area contributed by atoms with Crippen molar-refractivity contribution in [2.45, 2.75) is 46.2 Å². The smallest absolute Gasteiger partial charge is 0.147 e. The van der Waals surface area contributed by atoms with Crippen LogP contribution in [0.1, 0.15) is 39.2 Å². The number of nitrogens with one attached hydrogen (secondary N) is 1. The van der Waals surface area contributed by atoms with Gasteiger partial charge in [0.05, 0.1) is 5.02 Å². The zero-order valence-corrected chi connectivity index (χ0v) is 13.1. The normalized spacial score (nSPS) is 15.6. The molecule has 1 N–H and O–H groups in total. The maximum atomic E-state index is 6.35. The van der Waals surface area contributed by atoms with Gasteiger partial charge >= 0.3 is 0 Å². The summed E-state index contributed by atoms with van der Waals surface area (Å²) in [4.78, 5) is 6.64. The fourth-order valence-electron chi connectivity index (χ4n) is 2.18. The summed E-state index contributed by atoms with van der Waals surface area (Å²) >= 11 is 6.35. The Morgan fingerprint density at radius 3 is 2.63 bits per heavy atom. The van der Waals surface area contributed by atoms with Gasteiger partial charge in [-0.25, -0.2) is 4.98 Å². The molecule has 0 amide bonds. The van der Waals surface area contributed by atoms with E-state index < -0.39 is 0 Å². The van der Waals surface area contributed by atoms with Crippen molar-refractivity contribution in [3.05, 3.63) is 22.8 Å². The van der Waals surface area contributed by atoms with Crippen molar-refractivity contribution in [2.75, 3.05) is 18.5 Å². The van der Waals surface area contributed by atoms with Gasteiger partial charge in [0, 0.05) is 32.4 Å². The zero-order chi connectivity index (χ0) is 14.0. The van der Waals surface area contributed by atoms with Gasteiger partial charge in [0.25, 0.3) is 0 Å². The topological polar surface area (TPSA) is 28.2 Å². The Bertz CT molecular complexity index is 436. The van der Waals surface area contributed by atoms with E-state index in [1.54, 1.807) is 0 Å². The molecule has 3 nitrogen and oxygen atoms in total. The quantitative estimate of drug-likeness (QED) is 0.896. The summed E-state index contributed by atoms with van der Waals surface area (Å²) in [6.07, 6.45) is 4.52. The van der Waals surface area contributed by atoms with Crippen LogP contribution in [0.2, 0.25) is 5.02 Å². The summed E-state index contributed by atoms with van der Waals surface area (Å²) in [5.74, 6) is 0.867. The second-order valence-corrected chi connectivity index (χ2v) is 7.13. The fraction of sp³-hybridized carbons (Fsp3) is 0.667. The first kappa shape index (κ1) is 14.6. The lowest BCUT2D eigenvalue weighted by Gasteiger charge is -2.28. The van der Waals surface area contributed by atoms with Crippen LogP contribution in [0.5, 0.6) is 0 Å². The van der Waals surface area contributed by atoms with E-state index in [1.807, 2.05) is 19.3 Å². The Balaban J connectivity index is 2.00. The highest BCUT2D eigenvalue weighted by molar-refractivity contribution is 6.33. The molecule has 1 aliphatic carbocycles. The second kappa shape index (κ2) is 5.68. The number of anilines is 1. The van der Waals surface area contributed by atoms with Crippen molar-refractivity contribution in [3.8, 4) is 0 Å². The maximum absolute atomic E-state index is 6.35. The third kappa shape index (κ3) is 4.66. The van der Waals surface area contributed by atoms with Crippen molar-refractivity contribution in [1.82, 2.24) is 10.3 Å². The molecule has 0 saturated heterocycles. The molecule has 1 aromatic heterocycles. The second-order valence-electron chi connectivity index (χ2n) is 6.72. The molecule has 19 heavy (non-hydrogen) atoms. The highest BCUT2D eigenvalue weighted by Crippen LogP contribution is 2.26. The van der Waals surface area contributed by atoms with Gasteiger partial charge in [-0.1, -0.05) is 32.4 Å². The Hall–Kier alpha value is -0.800. The van der Waals surface area contributed by atoms with Crippen molar-refractivity contribution < 1.29 is 0 Å². The average molecular weight is 282 g/mol. The van der Waals surface area contributed by atoms with E-state index in [4.69, 9.17) is 11.6 Å². The highest BCUT2D eigenvalue weighted by atomic mass is 35.5. The third-order valence-electron chi connectivity index (χ3n) is 3.12. The standard InChI is InChI=1S/C15H24ClN3/c1-15(2,3)10-19(4)14-13(16)7-11(9-18-14)8-17-12-5-6-12/h7,9,12,17H,5-6,8,10H2,1-4H3. The van der Waals surface area contributed by atoms with Crippen LogP contribution < -0.4 is 10.2 Å². The molecule has 106 valence electrons. The van der Waals surface area contributed by atoms with Gasteiger partial charge in [0.1, 0.15) is 5.82 Å². The minimum atomic E-state index is 0.228. The first-order valence-electron chi connectivity index (χ1n) is 6.94. The lowest BCUT2D eigenvalue weighted by atomic mass is 9.96. The molecule has 1 saturated carbocycles. The molecule has 1 fully saturated rings. The van der Waals surface area contributed by atoms with E-state index >= 15 is 0 Å². The van der Waals surface area contributed by atoms with Crippen LogP contribution in [-0.2, 0) is 6.54 Å². The van der Waals surface area contributed by atoms with E-state index in [9.17, 15) is 0 Å². The van der Waals surface area contributed by atoms with Crippen LogP contribution in [0.4, 0.5) is 5.82 Å². The molecule has 0 unspecified atom stereocenters. The van der Waals surface area contributed by atoms with Crippen molar-refractivity contribution in [3.63, 3.8) is 0 Å². The molecule has 0 atom stereocenters. The molecule has 0 radical (unpaired) electrons. The summed E-state index contributed by atoms with van der Waals surface area (Å²) in [5, 5.41) is 4.21. The van der Waals surface area contributed by atoms with Crippen LogP contribution in [-0.4, -0.2) is 24.6 Å². The number of aromatic nitrogens is 1. The fourth-order valence-corrected chi connectivity index (χ4v) is 2.52. The molecule has 0 aromatic carbocycles. The van der Waals surface area contributed by atoms with Crippen LogP contribution in [0, 0.1) is 5.41 Å². The van der Waals surface area contributed by atoms with Crippen LogP contribution >= 0.6 is 11.6 Å². The Morgan fingerprint density at radius 1 is 1.42 bits per heavy atom. The zero-order valence-electron chi connectivity index (χ0n) is 12.3. The number of hydrogen-bond acceptors (Lipinski definition) is 3. The largest absolute Gasteiger partial charge is 0.358 e. The van der Waals surface area contributed by atoms with Gasteiger partial charge in [0.15, 0.2) is 0 Å². The SMILES string of the molecule is CN(CC(C)(C)C)c1ncc(CNC2CC2)cc1Cl. The summed E-state index contributed by atoms with van der Waals surface area (Å²) in [5.41, 5.74) is 1.39. The molecule has 0 aliphatic heterocycles. The number of halogens is 1. The number of pyridine rings is 1. The van der Waals surface area contributed by atoms with E-state index in [1.165, 1.54) is 12.8 Å². The molecular weight excluding hydrogens is 258 g/mol. The van der Waals surface area contributed by atoms with Crippen molar-refractivity contribution in [2.24, 2.45) is 5.41 Å². The Kier molecular flexibility index (Phi) is 4.36. The van der Waals surface area contributed by atoms with Crippen LogP contribution in [0.3, 0.4) is 0 Å². The summed E-state index contributed by atoms with van der Waals surface area (Å²) < 4.78 is 0. The number of nitrogens with zero attached hydrogens (tertiary/aromatic N) is 2. The highest BCUT2D eigenvalue weighted by Gasteiger charge is 2.20. The van der Waals surface area contributed by atoms with Gasteiger partial charge in [-0.3, -0.25) is 0 Å². The maximum Gasteiger partial charge on any atom is 0.147 e. The molecule has 1 aliphatic rings. The summed E-state index contributed by atoms with van der Waals surface area (Å²) in [6.45, 7) is 8.43. The van der Waals surface area contributed by atoms with E-state index in [0.717, 1.165) is 29.5 Å². The monoisotopic (exact) mass is 281 g/mol. The van der Waals surface area contributed by atoms with Gasteiger partial charge in [0.2, 0.25) is 0 Å². The first-order chi connectivity index (χ1) is 8.85. The molecule has 1 heterocycles. The van der Waals surface area contributed by atoms with Gasteiger partial charge in [-0.05, 0) is 29.9 Å². The van der Waals surface area contributed by atoms with Crippen LogP contribution in [0.15, 0.2) is 12.3 Å². The molecular formula is C15H24ClN3. The summed E-state index contributed by atoms with van der Waals surface area (Å²) in [7, 11) is 2.04. The number of hydrogen-bond donors (Lipinski definition) is 1. The minimum Gasteiger partial charge on any atom is -0.358 e.